The van der Waals surface area contributed by atoms with Crippen molar-refractivity contribution in [2.45, 2.75) is 65.3 Å². The molecule has 3 rings (SSSR count). The molecule has 0 aliphatic carbocycles. The second-order valence-electron chi connectivity index (χ2n) is 10.0. The fourth-order valence-corrected chi connectivity index (χ4v) is 3.96. The predicted octanol–water partition coefficient (Wildman–Crippen LogP) is 7.08. The van der Waals surface area contributed by atoms with Crippen molar-refractivity contribution in [1.29, 1.82) is 0 Å². The van der Waals surface area contributed by atoms with E-state index < -0.39 is 0 Å². The SMILES string of the molecule is CC(C)(C)c1cc(Cc2cc(Cl)n(Cc3ccccc3)c2)cc(C(C)(C)C)c1O. The standard InChI is InChI=1S/C26H32ClNO/c1-25(2,3)21-13-19(14-22(24(21)29)26(4,5)6)12-20-15-23(27)28(17-20)16-18-10-8-7-9-11-18/h7-11,13-15,17,29H,12,16H2,1-6H3. The Hall–Kier alpha value is -2.19. The molecule has 0 radical (unpaired) electrons. The van der Waals surface area contributed by atoms with Crippen LogP contribution >= 0.6 is 11.6 Å². The third kappa shape index (κ3) is 5.05. The van der Waals surface area contributed by atoms with Crippen molar-refractivity contribution in [3.8, 4) is 5.75 Å². The van der Waals surface area contributed by atoms with Gasteiger partial charge in [-0.1, -0.05) is 95.6 Å². The Morgan fingerprint density at radius 1 is 0.793 bits per heavy atom. The summed E-state index contributed by atoms with van der Waals surface area (Å²) < 4.78 is 2.09. The quantitative estimate of drug-likeness (QED) is 0.489. The number of halogens is 1. The van der Waals surface area contributed by atoms with E-state index in [1.807, 2.05) is 24.3 Å². The zero-order valence-corrected chi connectivity index (χ0v) is 19.1. The summed E-state index contributed by atoms with van der Waals surface area (Å²) in [6.07, 6.45) is 2.92. The zero-order valence-electron chi connectivity index (χ0n) is 18.4. The van der Waals surface area contributed by atoms with Crippen molar-refractivity contribution in [2.24, 2.45) is 0 Å². The van der Waals surface area contributed by atoms with Crippen LogP contribution in [-0.2, 0) is 23.8 Å². The molecule has 1 heterocycles. The smallest absolute Gasteiger partial charge is 0.123 e. The number of phenolic OH excluding ortho intramolecular Hbond substituents is 1. The van der Waals surface area contributed by atoms with Crippen LogP contribution in [0.15, 0.2) is 54.7 Å². The number of nitrogens with zero attached hydrogens (tertiary/aromatic N) is 1. The van der Waals surface area contributed by atoms with Crippen molar-refractivity contribution in [3.63, 3.8) is 0 Å². The van der Waals surface area contributed by atoms with Crippen molar-refractivity contribution < 1.29 is 5.11 Å². The molecule has 0 bridgehead atoms. The summed E-state index contributed by atoms with van der Waals surface area (Å²) in [6, 6.07) is 16.7. The molecule has 1 N–H and O–H groups in total. The maximum absolute atomic E-state index is 10.9. The third-order valence-corrected chi connectivity index (χ3v) is 5.62. The lowest BCUT2D eigenvalue weighted by Gasteiger charge is -2.28. The molecule has 29 heavy (non-hydrogen) atoms. The van der Waals surface area contributed by atoms with Crippen molar-refractivity contribution in [1.82, 2.24) is 4.57 Å². The molecule has 0 unspecified atom stereocenters. The maximum Gasteiger partial charge on any atom is 0.123 e. The van der Waals surface area contributed by atoms with Crippen LogP contribution in [-0.4, -0.2) is 9.67 Å². The summed E-state index contributed by atoms with van der Waals surface area (Å²) in [7, 11) is 0. The first-order valence-electron chi connectivity index (χ1n) is 10.2. The highest BCUT2D eigenvalue weighted by Crippen LogP contribution is 2.40. The maximum atomic E-state index is 10.9. The van der Waals surface area contributed by atoms with Crippen LogP contribution in [0.4, 0.5) is 0 Å². The predicted molar refractivity (Wildman–Crippen MR) is 123 cm³/mol. The van der Waals surface area contributed by atoms with Crippen molar-refractivity contribution in [3.05, 3.63) is 87.7 Å². The molecule has 0 spiro atoms. The number of aromatic hydroxyl groups is 1. The van der Waals surface area contributed by atoms with E-state index in [-0.39, 0.29) is 10.8 Å². The largest absolute Gasteiger partial charge is 0.507 e. The Morgan fingerprint density at radius 2 is 1.34 bits per heavy atom. The Kier molecular flexibility index (Phi) is 5.87. The van der Waals surface area contributed by atoms with Gasteiger partial charge < -0.3 is 9.67 Å². The summed E-state index contributed by atoms with van der Waals surface area (Å²) in [4.78, 5) is 0. The highest BCUT2D eigenvalue weighted by atomic mass is 35.5. The molecule has 0 saturated heterocycles. The van der Waals surface area contributed by atoms with Crippen molar-refractivity contribution in [2.75, 3.05) is 0 Å². The first-order valence-corrected chi connectivity index (χ1v) is 10.6. The van der Waals surface area contributed by atoms with Gasteiger partial charge >= 0.3 is 0 Å². The average Bonchev–Trinajstić information content (AvgIpc) is 2.94. The van der Waals surface area contributed by atoms with Crippen LogP contribution in [0, 0.1) is 0 Å². The van der Waals surface area contributed by atoms with Gasteiger partial charge in [-0.05, 0) is 51.1 Å². The van der Waals surface area contributed by atoms with Crippen LogP contribution in [0.25, 0.3) is 0 Å². The minimum atomic E-state index is -0.128. The number of benzene rings is 2. The molecule has 2 aromatic carbocycles. The first-order chi connectivity index (χ1) is 13.4. The number of hydrogen-bond acceptors (Lipinski definition) is 1. The van der Waals surface area contributed by atoms with Gasteiger partial charge in [0.15, 0.2) is 0 Å². The fraction of sp³-hybridized carbons (Fsp3) is 0.385. The van der Waals surface area contributed by atoms with Gasteiger partial charge in [0.2, 0.25) is 0 Å². The van der Waals surface area contributed by atoms with Crippen LogP contribution in [0.2, 0.25) is 5.15 Å². The lowest BCUT2D eigenvalue weighted by Crippen LogP contribution is -2.18. The zero-order chi connectivity index (χ0) is 21.4. The van der Waals surface area contributed by atoms with E-state index in [0.717, 1.165) is 29.2 Å². The molecule has 0 aliphatic heterocycles. The second-order valence-corrected chi connectivity index (χ2v) is 10.4. The molecule has 0 aliphatic rings. The molecular weight excluding hydrogens is 378 g/mol. The van der Waals surface area contributed by atoms with Gasteiger partial charge in [0.05, 0.1) is 0 Å². The number of aromatic nitrogens is 1. The lowest BCUT2D eigenvalue weighted by atomic mass is 9.78. The highest BCUT2D eigenvalue weighted by Gasteiger charge is 2.26. The van der Waals surface area contributed by atoms with Gasteiger partial charge in [-0.3, -0.25) is 0 Å². The molecule has 1 aromatic heterocycles. The monoisotopic (exact) mass is 409 g/mol. The van der Waals surface area contributed by atoms with Crippen molar-refractivity contribution >= 4 is 11.6 Å². The van der Waals surface area contributed by atoms with Gasteiger partial charge in [-0.15, -0.1) is 0 Å². The van der Waals surface area contributed by atoms with Gasteiger partial charge in [0.1, 0.15) is 10.9 Å². The Balaban J connectivity index is 1.95. The van der Waals surface area contributed by atoms with E-state index in [1.54, 1.807) is 0 Å². The first kappa shape index (κ1) is 21.5. The Morgan fingerprint density at radius 3 is 1.86 bits per heavy atom. The molecule has 0 fully saturated rings. The summed E-state index contributed by atoms with van der Waals surface area (Å²) >= 11 is 6.52. The average molecular weight is 410 g/mol. The Labute approximate surface area is 180 Å². The number of hydrogen-bond donors (Lipinski definition) is 1. The van der Waals surface area contributed by atoms with Crippen LogP contribution < -0.4 is 0 Å². The number of phenols is 1. The second kappa shape index (κ2) is 7.91. The molecule has 154 valence electrons. The van der Waals surface area contributed by atoms with Crippen LogP contribution in [0.5, 0.6) is 5.75 Å². The van der Waals surface area contributed by atoms with Crippen LogP contribution in [0.1, 0.15) is 69.4 Å². The summed E-state index contributed by atoms with van der Waals surface area (Å²) in [5.41, 5.74) is 5.34. The lowest BCUT2D eigenvalue weighted by molar-refractivity contribution is 0.423. The summed E-state index contributed by atoms with van der Waals surface area (Å²) in [6.45, 7) is 13.6. The van der Waals surface area contributed by atoms with E-state index in [0.29, 0.717) is 5.75 Å². The van der Waals surface area contributed by atoms with E-state index in [2.05, 4.69) is 76.6 Å². The van der Waals surface area contributed by atoms with E-state index in [4.69, 9.17) is 11.6 Å². The molecule has 0 saturated carbocycles. The summed E-state index contributed by atoms with van der Waals surface area (Å²) in [5, 5.41) is 11.7. The van der Waals surface area contributed by atoms with Crippen LogP contribution in [0.3, 0.4) is 0 Å². The minimum absolute atomic E-state index is 0.128. The van der Waals surface area contributed by atoms with E-state index in [9.17, 15) is 5.11 Å². The molecule has 0 atom stereocenters. The molecule has 3 heteroatoms. The van der Waals surface area contributed by atoms with Gasteiger partial charge in [0, 0.05) is 12.7 Å². The number of rotatable bonds is 4. The third-order valence-electron chi connectivity index (χ3n) is 5.29. The van der Waals surface area contributed by atoms with Gasteiger partial charge in [-0.2, -0.15) is 0 Å². The molecular formula is C26H32ClNO. The molecule has 2 nitrogen and oxygen atoms in total. The minimum Gasteiger partial charge on any atom is -0.507 e. The van der Waals surface area contributed by atoms with E-state index >= 15 is 0 Å². The van der Waals surface area contributed by atoms with Gasteiger partial charge in [-0.25, -0.2) is 0 Å². The molecule has 3 aromatic rings. The fourth-order valence-electron chi connectivity index (χ4n) is 3.71. The van der Waals surface area contributed by atoms with E-state index in [1.165, 1.54) is 16.7 Å². The Bertz CT molecular complexity index is 953. The van der Waals surface area contributed by atoms with Gasteiger partial charge in [0.25, 0.3) is 0 Å². The highest BCUT2D eigenvalue weighted by molar-refractivity contribution is 6.29. The summed E-state index contributed by atoms with van der Waals surface area (Å²) in [5.74, 6) is 0.424. The molecule has 0 amide bonds. The normalized spacial score (nSPS) is 12.4. The topological polar surface area (TPSA) is 25.2 Å².